The van der Waals surface area contributed by atoms with Gasteiger partial charge in [0.05, 0.1) is 11.1 Å². The third kappa shape index (κ3) is 6.01. The standard InChI is InChI=1S/C20H22N4O4/c1-13-10-14(2)20(15(3)11-13)22-18(25)8-9-19(26)23-21-12-16-4-6-17(7-5-16)24(27)28/h4-7,10-12H,8-9H2,1-3H3,(H,22,25)(H,23,26). The van der Waals surface area contributed by atoms with Crippen molar-refractivity contribution in [2.75, 3.05) is 5.32 Å². The number of carbonyl (C=O) groups excluding carboxylic acids is 2. The van der Waals surface area contributed by atoms with Crippen LogP contribution in [0.4, 0.5) is 11.4 Å². The van der Waals surface area contributed by atoms with E-state index < -0.39 is 10.8 Å². The third-order valence-corrected chi connectivity index (χ3v) is 4.03. The van der Waals surface area contributed by atoms with E-state index in [4.69, 9.17) is 0 Å². The Bertz CT molecular complexity index is 897. The molecule has 2 aromatic rings. The molecule has 0 unspecified atom stereocenters. The van der Waals surface area contributed by atoms with E-state index in [-0.39, 0.29) is 24.4 Å². The number of benzene rings is 2. The number of non-ortho nitro benzene ring substituents is 1. The Morgan fingerprint density at radius 1 is 1.04 bits per heavy atom. The van der Waals surface area contributed by atoms with Crippen molar-refractivity contribution >= 4 is 29.4 Å². The summed E-state index contributed by atoms with van der Waals surface area (Å²) in [5, 5.41) is 17.2. The molecule has 0 saturated heterocycles. The van der Waals surface area contributed by atoms with Crippen LogP contribution in [0, 0.1) is 30.9 Å². The summed E-state index contributed by atoms with van der Waals surface area (Å²) < 4.78 is 0. The summed E-state index contributed by atoms with van der Waals surface area (Å²) >= 11 is 0. The van der Waals surface area contributed by atoms with Crippen LogP contribution in [0.15, 0.2) is 41.5 Å². The van der Waals surface area contributed by atoms with Crippen molar-refractivity contribution in [3.63, 3.8) is 0 Å². The molecule has 2 N–H and O–H groups in total. The number of amides is 2. The van der Waals surface area contributed by atoms with Crippen LogP contribution in [-0.4, -0.2) is 23.0 Å². The minimum atomic E-state index is -0.493. The predicted octanol–water partition coefficient (Wildman–Crippen LogP) is 3.39. The number of hydrogen-bond donors (Lipinski definition) is 2. The first kappa shape index (κ1) is 20.8. The van der Waals surface area contributed by atoms with Gasteiger partial charge in [-0.05, 0) is 49.6 Å². The van der Waals surface area contributed by atoms with E-state index >= 15 is 0 Å². The number of nitrogens with one attached hydrogen (secondary N) is 2. The molecule has 0 aliphatic rings. The summed E-state index contributed by atoms with van der Waals surface area (Å²) in [7, 11) is 0. The minimum absolute atomic E-state index is 0.00656. The fraction of sp³-hybridized carbons (Fsp3) is 0.250. The number of aryl methyl sites for hydroxylation is 3. The van der Waals surface area contributed by atoms with E-state index in [0.717, 1.165) is 22.4 Å². The molecule has 0 spiro atoms. The van der Waals surface area contributed by atoms with Crippen molar-refractivity contribution in [3.8, 4) is 0 Å². The lowest BCUT2D eigenvalue weighted by Gasteiger charge is -2.12. The lowest BCUT2D eigenvalue weighted by molar-refractivity contribution is -0.384. The second-order valence-electron chi connectivity index (χ2n) is 6.46. The van der Waals surface area contributed by atoms with Gasteiger partial charge < -0.3 is 5.32 Å². The highest BCUT2D eigenvalue weighted by atomic mass is 16.6. The first-order valence-corrected chi connectivity index (χ1v) is 8.70. The van der Waals surface area contributed by atoms with Gasteiger partial charge in [0.1, 0.15) is 0 Å². The maximum absolute atomic E-state index is 12.1. The summed E-state index contributed by atoms with van der Waals surface area (Å²) in [4.78, 5) is 34.0. The molecule has 8 heteroatoms. The Labute approximate surface area is 162 Å². The molecule has 0 aliphatic carbocycles. The second kappa shape index (κ2) is 9.40. The molecule has 2 rings (SSSR count). The number of hydrogen-bond acceptors (Lipinski definition) is 5. The van der Waals surface area contributed by atoms with Crippen LogP contribution in [0.2, 0.25) is 0 Å². The molecule has 28 heavy (non-hydrogen) atoms. The molecular formula is C20H22N4O4. The fourth-order valence-corrected chi connectivity index (χ4v) is 2.72. The van der Waals surface area contributed by atoms with E-state index in [1.165, 1.54) is 30.5 Å². The van der Waals surface area contributed by atoms with Gasteiger partial charge in [0.2, 0.25) is 11.8 Å². The number of anilines is 1. The smallest absolute Gasteiger partial charge is 0.269 e. The van der Waals surface area contributed by atoms with E-state index in [1.807, 2.05) is 32.9 Å². The van der Waals surface area contributed by atoms with Crippen LogP contribution in [0.25, 0.3) is 0 Å². The van der Waals surface area contributed by atoms with E-state index in [0.29, 0.717) is 5.56 Å². The lowest BCUT2D eigenvalue weighted by Crippen LogP contribution is -2.21. The zero-order valence-corrected chi connectivity index (χ0v) is 16.0. The zero-order valence-electron chi connectivity index (χ0n) is 16.0. The predicted molar refractivity (Wildman–Crippen MR) is 107 cm³/mol. The quantitative estimate of drug-likeness (QED) is 0.434. The second-order valence-corrected chi connectivity index (χ2v) is 6.46. The van der Waals surface area contributed by atoms with E-state index in [2.05, 4.69) is 15.8 Å². The van der Waals surface area contributed by atoms with Gasteiger partial charge in [-0.1, -0.05) is 17.7 Å². The molecule has 146 valence electrons. The van der Waals surface area contributed by atoms with Crippen LogP contribution < -0.4 is 10.7 Å². The lowest BCUT2D eigenvalue weighted by atomic mass is 10.0. The number of rotatable bonds is 7. The monoisotopic (exact) mass is 382 g/mol. The number of nitrogens with zero attached hydrogens (tertiary/aromatic N) is 2. The summed E-state index contributed by atoms with van der Waals surface area (Å²) in [5.74, 6) is -0.643. The first-order chi connectivity index (χ1) is 13.3. The van der Waals surface area contributed by atoms with Crippen LogP contribution >= 0.6 is 0 Å². The summed E-state index contributed by atoms with van der Waals surface area (Å²) in [6, 6.07) is 9.72. The highest BCUT2D eigenvalue weighted by Crippen LogP contribution is 2.22. The molecule has 2 amide bonds. The highest BCUT2D eigenvalue weighted by Gasteiger charge is 2.10. The number of hydrazone groups is 1. The van der Waals surface area contributed by atoms with E-state index in [9.17, 15) is 19.7 Å². The largest absolute Gasteiger partial charge is 0.326 e. The van der Waals surface area contributed by atoms with Crippen LogP contribution in [0.3, 0.4) is 0 Å². The maximum Gasteiger partial charge on any atom is 0.269 e. The molecule has 0 heterocycles. The van der Waals surface area contributed by atoms with Crippen LogP contribution in [0.5, 0.6) is 0 Å². The fourth-order valence-electron chi connectivity index (χ4n) is 2.72. The van der Waals surface area contributed by atoms with Crippen molar-refractivity contribution in [2.45, 2.75) is 33.6 Å². The summed E-state index contributed by atoms with van der Waals surface area (Å²) in [5.41, 5.74) is 6.76. The van der Waals surface area contributed by atoms with Crippen LogP contribution in [0.1, 0.15) is 35.1 Å². The topological polar surface area (TPSA) is 114 Å². The summed E-state index contributed by atoms with van der Waals surface area (Å²) in [6.45, 7) is 5.84. The molecule has 0 aromatic heterocycles. The molecule has 0 atom stereocenters. The van der Waals surface area contributed by atoms with Gasteiger partial charge in [-0.3, -0.25) is 19.7 Å². The Balaban J connectivity index is 1.80. The van der Waals surface area contributed by atoms with Gasteiger partial charge in [0, 0.05) is 30.7 Å². The minimum Gasteiger partial charge on any atom is -0.326 e. The SMILES string of the molecule is Cc1cc(C)c(NC(=O)CCC(=O)NN=Cc2ccc([N+](=O)[O-])cc2)c(C)c1. The molecule has 0 bridgehead atoms. The normalized spacial score (nSPS) is 10.7. The van der Waals surface area contributed by atoms with Gasteiger partial charge in [0.15, 0.2) is 0 Å². The van der Waals surface area contributed by atoms with Crippen molar-refractivity contribution in [2.24, 2.45) is 5.10 Å². The maximum atomic E-state index is 12.1. The zero-order chi connectivity index (χ0) is 20.7. The van der Waals surface area contributed by atoms with Crippen molar-refractivity contribution in [3.05, 3.63) is 68.8 Å². The Hall–Kier alpha value is -3.55. The Kier molecular flexibility index (Phi) is 6.97. The molecule has 0 radical (unpaired) electrons. The van der Waals surface area contributed by atoms with Crippen molar-refractivity contribution in [1.82, 2.24) is 5.43 Å². The van der Waals surface area contributed by atoms with Gasteiger partial charge in [-0.2, -0.15) is 5.10 Å². The van der Waals surface area contributed by atoms with Gasteiger partial charge in [-0.25, -0.2) is 5.43 Å². The number of nitro groups is 1. The molecule has 2 aromatic carbocycles. The van der Waals surface area contributed by atoms with Crippen LogP contribution in [-0.2, 0) is 9.59 Å². The Morgan fingerprint density at radius 2 is 1.61 bits per heavy atom. The van der Waals surface area contributed by atoms with Crippen molar-refractivity contribution < 1.29 is 14.5 Å². The Morgan fingerprint density at radius 3 is 2.18 bits per heavy atom. The highest BCUT2D eigenvalue weighted by molar-refractivity contribution is 5.94. The molecule has 0 aliphatic heterocycles. The van der Waals surface area contributed by atoms with Crippen molar-refractivity contribution in [1.29, 1.82) is 0 Å². The average molecular weight is 382 g/mol. The third-order valence-electron chi connectivity index (χ3n) is 4.03. The number of carbonyl (C=O) groups is 2. The molecule has 0 fully saturated rings. The average Bonchev–Trinajstić information content (AvgIpc) is 2.63. The number of nitro benzene ring substituents is 1. The first-order valence-electron chi connectivity index (χ1n) is 8.70. The summed E-state index contributed by atoms with van der Waals surface area (Å²) in [6.07, 6.45) is 1.40. The van der Waals surface area contributed by atoms with E-state index in [1.54, 1.807) is 0 Å². The van der Waals surface area contributed by atoms with Gasteiger partial charge >= 0.3 is 0 Å². The van der Waals surface area contributed by atoms with Gasteiger partial charge in [-0.15, -0.1) is 0 Å². The molecule has 8 nitrogen and oxygen atoms in total. The molecular weight excluding hydrogens is 360 g/mol. The molecule has 0 saturated carbocycles. The van der Waals surface area contributed by atoms with Gasteiger partial charge in [0.25, 0.3) is 5.69 Å².